The van der Waals surface area contributed by atoms with Crippen LogP contribution in [0.1, 0.15) is 39.5 Å². The SMILES string of the molecule is CCCNc1nccc(NC(C)CC2CC2)n1. The largest absolute Gasteiger partial charge is 0.367 e. The maximum atomic E-state index is 4.44. The highest BCUT2D eigenvalue weighted by atomic mass is 15.1. The topological polar surface area (TPSA) is 49.8 Å². The van der Waals surface area contributed by atoms with Crippen LogP contribution in [0.4, 0.5) is 11.8 Å². The molecular formula is C13H22N4. The van der Waals surface area contributed by atoms with Crippen LogP contribution in [0.15, 0.2) is 12.3 Å². The van der Waals surface area contributed by atoms with Gasteiger partial charge in [-0.05, 0) is 31.7 Å². The molecule has 0 radical (unpaired) electrons. The second-order valence-electron chi connectivity index (χ2n) is 4.92. The molecule has 1 heterocycles. The molecule has 1 saturated carbocycles. The number of anilines is 2. The van der Waals surface area contributed by atoms with E-state index in [1.165, 1.54) is 19.3 Å². The van der Waals surface area contributed by atoms with Crippen molar-refractivity contribution in [3.63, 3.8) is 0 Å². The highest BCUT2D eigenvalue weighted by Crippen LogP contribution is 2.33. The minimum atomic E-state index is 0.497. The van der Waals surface area contributed by atoms with Crippen LogP contribution in [0.5, 0.6) is 0 Å². The van der Waals surface area contributed by atoms with Gasteiger partial charge < -0.3 is 10.6 Å². The number of hydrogen-bond acceptors (Lipinski definition) is 4. The third-order valence-electron chi connectivity index (χ3n) is 2.97. The summed E-state index contributed by atoms with van der Waals surface area (Å²) in [6, 6.07) is 2.43. The summed E-state index contributed by atoms with van der Waals surface area (Å²) in [5.74, 6) is 2.58. The number of rotatable bonds is 7. The van der Waals surface area contributed by atoms with E-state index in [0.29, 0.717) is 6.04 Å². The third kappa shape index (κ3) is 4.21. The highest BCUT2D eigenvalue weighted by Gasteiger charge is 2.23. The first-order valence-electron chi connectivity index (χ1n) is 6.61. The van der Waals surface area contributed by atoms with Crippen molar-refractivity contribution in [1.82, 2.24) is 9.97 Å². The molecule has 0 amide bonds. The minimum Gasteiger partial charge on any atom is -0.367 e. The van der Waals surface area contributed by atoms with Crippen LogP contribution < -0.4 is 10.6 Å². The van der Waals surface area contributed by atoms with Gasteiger partial charge in [-0.3, -0.25) is 0 Å². The Morgan fingerprint density at radius 3 is 3.00 bits per heavy atom. The van der Waals surface area contributed by atoms with Crippen molar-refractivity contribution in [2.75, 3.05) is 17.2 Å². The Balaban J connectivity index is 1.85. The summed E-state index contributed by atoms with van der Waals surface area (Å²) >= 11 is 0. The Kier molecular flexibility index (Phi) is 4.18. The summed E-state index contributed by atoms with van der Waals surface area (Å²) in [5.41, 5.74) is 0. The van der Waals surface area contributed by atoms with E-state index in [9.17, 15) is 0 Å². The summed E-state index contributed by atoms with van der Waals surface area (Å²) in [4.78, 5) is 8.64. The van der Waals surface area contributed by atoms with Crippen molar-refractivity contribution >= 4 is 11.8 Å². The predicted molar refractivity (Wildman–Crippen MR) is 71.2 cm³/mol. The second kappa shape index (κ2) is 5.84. The molecule has 1 unspecified atom stereocenters. The van der Waals surface area contributed by atoms with Crippen molar-refractivity contribution < 1.29 is 0 Å². The molecule has 0 saturated heterocycles. The monoisotopic (exact) mass is 234 g/mol. The number of aromatic nitrogens is 2. The molecule has 0 spiro atoms. The maximum absolute atomic E-state index is 4.44. The maximum Gasteiger partial charge on any atom is 0.224 e. The van der Waals surface area contributed by atoms with Gasteiger partial charge in [-0.25, -0.2) is 4.98 Å². The van der Waals surface area contributed by atoms with E-state index < -0.39 is 0 Å². The fraction of sp³-hybridized carbons (Fsp3) is 0.692. The third-order valence-corrected chi connectivity index (χ3v) is 2.97. The van der Waals surface area contributed by atoms with Crippen LogP contribution in [0.2, 0.25) is 0 Å². The Bertz CT molecular complexity index is 349. The Morgan fingerprint density at radius 1 is 1.47 bits per heavy atom. The molecule has 0 bridgehead atoms. The van der Waals surface area contributed by atoms with Crippen LogP contribution in [-0.4, -0.2) is 22.6 Å². The van der Waals surface area contributed by atoms with Gasteiger partial charge in [-0.15, -0.1) is 0 Å². The van der Waals surface area contributed by atoms with Crippen LogP contribution in [0.3, 0.4) is 0 Å². The van der Waals surface area contributed by atoms with Gasteiger partial charge in [0.1, 0.15) is 5.82 Å². The molecular weight excluding hydrogens is 212 g/mol. The lowest BCUT2D eigenvalue weighted by Gasteiger charge is -2.14. The Hall–Kier alpha value is -1.32. The van der Waals surface area contributed by atoms with E-state index in [1.807, 2.05) is 6.07 Å². The fourth-order valence-electron chi connectivity index (χ4n) is 1.93. The predicted octanol–water partition coefficient (Wildman–Crippen LogP) is 2.90. The zero-order chi connectivity index (χ0) is 12.1. The quantitative estimate of drug-likeness (QED) is 0.761. The normalized spacial score (nSPS) is 16.6. The van der Waals surface area contributed by atoms with Crippen LogP contribution in [0, 0.1) is 5.92 Å². The van der Waals surface area contributed by atoms with Gasteiger partial charge in [0.2, 0.25) is 5.95 Å². The molecule has 1 atom stereocenters. The second-order valence-corrected chi connectivity index (χ2v) is 4.92. The minimum absolute atomic E-state index is 0.497. The Morgan fingerprint density at radius 2 is 2.29 bits per heavy atom. The summed E-state index contributed by atoms with van der Waals surface area (Å²) in [7, 11) is 0. The van der Waals surface area contributed by atoms with Crippen molar-refractivity contribution in [3.05, 3.63) is 12.3 Å². The molecule has 2 rings (SSSR count). The highest BCUT2D eigenvalue weighted by molar-refractivity contribution is 5.40. The van der Waals surface area contributed by atoms with E-state index in [4.69, 9.17) is 0 Å². The molecule has 1 aliphatic rings. The van der Waals surface area contributed by atoms with Crippen molar-refractivity contribution in [2.24, 2.45) is 5.92 Å². The molecule has 1 aromatic heterocycles. The number of hydrogen-bond donors (Lipinski definition) is 2. The average molecular weight is 234 g/mol. The van der Waals surface area contributed by atoms with Gasteiger partial charge in [-0.2, -0.15) is 4.98 Å². The zero-order valence-electron chi connectivity index (χ0n) is 10.7. The van der Waals surface area contributed by atoms with Crippen LogP contribution >= 0.6 is 0 Å². The smallest absolute Gasteiger partial charge is 0.224 e. The van der Waals surface area contributed by atoms with Gasteiger partial charge in [0.15, 0.2) is 0 Å². The van der Waals surface area contributed by atoms with Gasteiger partial charge in [0, 0.05) is 18.8 Å². The van der Waals surface area contributed by atoms with E-state index >= 15 is 0 Å². The van der Waals surface area contributed by atoms with Gasteiger partial charge in [0.25, 0.3) is 0 Å². The lowest BCUT2D eigenvalue weighted by Crippen LogP contribution is -2.17. The lowest BCUT2D eigenvalue weighted by atomic mass is 10.1. The first kappa shape index (κ1) is 12.1. The fourth-order valence-corrected chi connectivity index (χ4v) is 1.93. The van der Waals surface area contributed by atoms with Crippen LogP contribution in [-0.2, 0) is 0 Å². The van der Waals surface area contributed by atoms with Crippen LogP contribution in [0.25, 0.3) is 0 Å². The van der Waals surface area contributed by atoms with E-state index in [2.05, 4.69) is 34.4 Å². The van der Waals surface area contributed by atoms with Gasteiger partial charge >= 0.3 is 0 Å². The summed E-state index contributed by atoms with van der Waals surface area (Å²) < 4.78 is 0. The number of nitrogens with one attached hydrogen (secondary N) is 2. The molecule has 4 nitrogen and oxygen atoms in total. The zero-order valence-corrected chi connectivity index (χ0v) is 10.7. The van der Waals surface area contributed by atoms with E-state index in [1.54, 1.807) is 6.20 Å². The van der Waals surface area contributed by atoms with Gasteiger partial charge in [-0.1, -0.05) is 19.8 Å². The van der Waals surface area contributed by atoms with Crippen molar-refractivity contribution in [2.45, 2.75) is 45.6 Å². The molecule has 4 heteroatoms. The molecule has 1 aromatic rings. The summed E-state index contributed by atoms with van der Waals surface area (Å²) in [5, 5.41) is 6.64. The van der Waals surface area contributed by atoms with Crippen molar-refractivity contribution in [1.29, 1.82) is 0 Å². The summed E-state index contributed by atoms with van der Waals surface area (Å²) in [6.07, 6.45) is 6.94. The number of nitrogens with zero attached hydrogens (tertiary/aromatic N) is 2. The molecule has 17 heavy (non-hydrogen) atoms. The molecule has 2 N–H and O–H groups in total. The molecule has 1 fully saturated rings. The summed E-state index contributed by atoms with van der Waals surface area (Å²) in [6.45, 7) is 5.27. The molecule has 94 valence electrons. The standard InChI is InChI=1S/C13H22N4/c1-3-7-14-13-15-8-6-12(17-13)16-10(2)9-11-4-5-11/h6,8,10-11H,3-5,7,9H2,1-2H3,(H2,14,15,16,17). The molecule has 0 aromatic carbocycles. The lowest BCUT2D eigenvalue weighted by molar-refractivity contribution is 0.640. The van der Waals surface area contributed by atoms with Gasteiger partial charge in [0.05, 0.1) is 0 Å². The first-order chi connectivity index (χ1) is 8.28. The Labute approximate surface area is 103 Å². The molecule has 0 aliphatic heterocycles. The van der Waals surface area contributed by atoms with E-state index in [0.717, 1.165) is 30.6 Å². The van der Waals surface area contributed by atoms with Crippen molar-refractivity contribution in [3.8, 4) is 0 Å². The van der Waals surface area contributed by atoms with E-state index in [-0.39, 0.29) is 0 Å². The molecule has 1 aliphatic carbocycles. The average Bonchev–Trinajstić information content (AvgIpc) is 3.10. The first-order valence-corrected chi connectivity index (χ1v) is 6.61.